The number of ether oxygens (including phenoxy) is 3. The number of carbonyl (C=O) groups is 1. The molecule has 37 heavy (non-hydrogen) atoms. The van der Waals surface area contributed by atoms with Crippen molar-refractivity contribution in [1.82, 2.24) is 14.0 Å². The van der Waals surface area contributed by atoms with E-state index in [2.05, 4.69) is 11.1 Å². The van der Waals surface area contributed by atoms with Gasteiger partial charge in [0.2, 0.25) is 5.75 Å². The molecule has 0 atom stereocenters. The van der Waals surface area contributed by atoms with Gasteiger partial charge in [-0.15, -0.1) is 0 Å². The molecule has 0 saturated heterocycles. The first-order valence-corrected chi connectivity index (χ1v) is 11.7. The van der Waals surface area contributed by atoms with Crippen molar-refractivity contribution < 1.29 is 19.0 Å². The minimum absolute atomic E-state index is 0.0934. The molecule has 0 aliphatic rings. The van der Waals surface area contributed by atoms with E-state index in [1.54, 1.807) is 16.8 Å². The summed E-state index contributed by atoms with van der Waals surface area (Å²) in [5.74, 6) is 0.328. The molecular weight excluding hydrogens is 474 g/mol. The van der Waals surface area contributed by atoms with Gasteiger partial charge in [-0.25, -0.2) is 4.98 Å². The van der Waals surface area contributed by atoms with Crippen LogP contribution in [-0.2, 0) is 6.54 Å². The molecule has 1 aromatic carbocycles. The van der Waals surface area contributed by atoms with Gasteiger partial charge < -0.3 is 18.8 Å². The summed E-state index contributed by atoms with van der Waals surface area (Å²) >= 11 is 0. The summed E-state index contributed by atoms with van der Waals surface area (Å²) in [7, 11) is 4.38. The number of benzene rings is 1. The van der Waals surface area contributed by atoms with E-state index >= 15 is 0 Å². The number of unbranched alkanes of at least 4 members (excludes halogenated alkanes) is 1. The van der Waals surface area contributed by atoms with Gasteiger partial charge in [0, 0.05) is 18.3 Å². The third kappa shape index (κ3) is 4.51. The number of fused-ring (bicyclic) bond motifs is 2. The van der Waals surface area contributed by atoms with Crippen molar-refractivity contribution in [3.63, 3.8) is 0 Å². The van der Waals surface area contributed by atoms with E-state index in [0.717, 1.165) is 18.4 Å². The Labute approximate surface area is 213 Å². The Morgan fingerprint density at radius 3 is 2.41 bits per heavy atom. The van der Waals surface area contributed by atoms with E-state index < -0.39 is 5.91 Å². The van der Waals surface area contributed by atoms with Crippen LogP contribution >= 0.6 is 0 Å². The Morgan fingerprint density at radius 1 is 1.11 bits per heavy atom. The van der Waals surface area contributed by atoms with Gasteiger partial charge in [0.25, 0.3) is 11.5 Å². The molecule has 10 heteroatoms. The van der Waals surface area contributed by atoms with Crippen LogP contribution in [0.15, 0.2) is 46.3 Å². The number of methoxy groups -OCH3 is 3. The van der Waals surface area contributed by atoms with Gasteiger partial charge in [-0.05, 0) is 43.2 Å². The smallest absolute Gasteiger partial charge is 0.279 e. The number of amides is 1. The molecule has 3 aromatic heterocycles. The maximum atomic E-state index is 13.4. The Bertz CT molecular complexity index is 1670. The number of rotatable bonds is 7. The molecule has 4 aromatic rings. The summed E-state index contributed by atoms with van der Waals surface area (Å²) in [6.45, 7) is 4.31. The molecule has 0 fully saturated rings. The largest absolute Gasteiger partial charge is 0.493 e. The van der Waals surface area contributed by atoms with Crippen LogP contribution in [0.4, 0.5) is 0 Å². The lowest BCUT2D eigenvalue weighted by Gasteiger charge is -2.14. The van der Waals surface area contributed by atoms with Crippen LogP contribution in [0.3, 0.4) is 0 Å². The molecule has 1 amide bonds. The van der Waals surface area contributed by atoms with E-state index in [4.69, 9.17) is 19.2 Å². The summed E-state index contributed by atoms with van der Waals surface area (Å²) in [6.07, 6.45) is 3.22. The van der Waals surface area contributed by atoms with Crippen molar-refractivity contribution in [2.24, 2.45) is 4.99 Å². The van der Waals surface area contributed by atoms with Gasteiger partial charge in [0.15, 0.2) is 17.0 Å². The molecule has 3 heterocycles. The van der Waals surface area contributed by atoms with Crippen LogP contribution in [0.5, 0.6) is 17.2 Å². The first kappa shape index (κ1) is 25.4. The Kier molecular flexibility index (Phi) is 7.25. The van der Waals surface area contributed by atoms with Crippen LogP contribution in [-0.4, -0.2) is 41.2 Å². The molecule has 0 aliphatic carbocycles. The van der Waals surface area contributed by atoms with Crippen LogP contribution in [0.2, 0.25) is 0 Å². The van der Waals surface area contributed by atoms with Crippen LogP contribution in [0.1, 0.15) is 41.3 Å². The number of nitrogens with zero attached hydrogens (tertiary/aromatic N) is 5. The Morgan fingerprint density at radius 2 is 1.81 bits per heavy atom. The molecule has 0 spiro atoms. The zero-order valence-electron chi connectivity index (χ0n) is 21.4. The van der Waals surface area contributed by atoms with E-state index in [0.29, 0.717) is 35.1 Å². The highest BCUT2D eigenvalue weighted by molar-refractivity contribution is 5.96. The van der Waals surface area contributed by atoms with Crippen LogP contribution in [0.25, 0.3) is 16.7 Å². The highest BCUT2D eigenvalue weighted by Crippen LogP contribution is 2.38. The van der Waals surface area contributed by atoms with Gasteiger partial charge in [-0.3, -0.25) is 14.0 Å². The van der Waals surface area contributed by atoms with Crippen molar-refractivity contribution in [1.29, 1.82) is 5.26 Å². The van der Waals surface area contributed by atoms with Crippen molar-refractivity contribution in [2.75, 3.05) is 21.3 Å². The number of pyridine rings is 2. The molecular formula is C27H27N5O5. The molecule has 0 radical (unpaired) electrons. The Hall–Kier alpha value is -4.65. The number of nitriles is 1. The standard InChI is InChI=1S/C27H27N5O5/c1-6-7-10-31-24(30-26(33)17-13-20(35-3)22(37-5)21(14-17)36-4)18(15-28)12-19-25(31)29-23-16(2)9-8-11-32(23)27(19)34/h8-9,11-14H,6-7,10H2,1-5H3. The summed E-state index contributed by atoms with van der Waals surface area (Å²) in [6, 6.07) is 10.2. The second-order valence-electron chi connectivity index (χ2n) is 8.37. The lowest BCUT2D eigenvalue weighted by molar-refractivity contribution is 0.0996. The van der Waals surface area contributed by atoms with Gasteiger partial charge in [-0.2, -0.15) is 10.3 Å². The lowest BCUT2D eigenvalue weighted by Crippen LogP contribution is -2.29. The van der Waals surface area contributed by atoms with Crippen molar-refractivity contribution in [3.05, 3.63) is 69.1 Å². The zero-order chi connectivity index (χ0) is 26.7. The highest BCUT2D eigenvalue weighted by atomic mass is 16.5. The van der Waals surface area contributed by atoms with E-state index in [1.807, 2.05) is 19.9 Å². The summed E-state index contributed by atoms with van der Waals surface area (Å²) in [4.78, 5) is 35.9. The first-order valence-electron chi connectivity index (χ1n) is 11.7. The second kappa shape index (κ2) is 10.5. The number of aryl methyl sites for hydroxylation is 2. The molecule has 190 valence electrons. The quantitative estimate of drug-likeness (QED) is 0.356. The number of aromatic nitrogens is 3. The normalized spacial score (nSPS) is 11.5. The summed E-state index contributed by atoms with van der Waals surface area (Å²) in [5.41, 5.74) is 1.79. The van der Waals surface area contributed by atoms with Gasteiger partial charge >= 0.3 is 0 Å². The monoisotopic (exact) mass is 501 g/mol. The maximum Gasteiger partial charge on any atom is 0.279 e. The molecule has 0 N–H and O–H groups in total. The van der Waals surface area contributed by atoms with Crippen LogP contribution < -0.4 is 25.3 Å². The number of hydrogen-bond donors (Lipinski definition) is 0. The molecule has 10 nitrogen and oxygen atoms in total. The predicted molar refractivity (Wildman–Crippen MR) is 137 cm³/mol. The first-order chi connectivity index (χ1) is 17.9. The average molecular weight is 502 g/mol. The number of carbonyl (C=O) groups excluding carboxylic acids is 1. The molecule has 0 aliphatic heterocycles. The minimum atomic E-state index is -0.617. The predicted octanol–water partition coefficient (Wildman–Crippen LogP) is 3.40. The van der Waals surface area contributed by atoms with Crippen molar-refractivity contribution in [3.8, 4) is 23.3 Å². The third-order valence-corrected chi connectivity index (χ3v) is 6.08. The van der Waals surface area contributed by atoms with Gasteiger partial charge in [0.1, 0.15) is 17.4 Å². The van der Waals surface area contributed by atoms with E-state index in [9.17, 15) is 14.9 Å². The van der Waals surface area contributed by atoms with Gasteiger partial charge in [0.05, 0.1) is 32.3 Å². The summed E-state index contributed by atoms with van der Waals surface area (Å²) in [5, 5.41) is 10.2. The number of hydrogen-bond acceptors (Lipinski definition) is 7. The lowest BCUT2D eigenvalue weighted by atomic mass is 10.1. The maximum absolute atomic E-state index is 13.4. The fourth-order valence-electron chi connectivity index (χ4n) is 4.18. The zero-order valence-corrected chi connectivity index (χ0v) is 21.4. The topological polar surface area (TPSA) is 120 Å². The minimum Gasteiger partial charge on any atom is -0.493 e. The highest BCUT2D eigenvalue weighted by Gasteiger charge is 2.19. The van der Waals surface area contributed by atoms with E-state index in [1.165, 1.54) is 43.9 Å². The van der Waals surface area contributed by atoms with Gasteiger partial charge in [-0.1, -0.05) is 19.4 Å². The second-order valence-corrected chi connectivity index (χ2v) is 8.37. The van der Waals surface area contributed by atoms with Crippen LogP contribution in [0, 0.1) is 18.3 Å². The molecule has 0 saturated carbocycles. The molecule has 4 rings (SSSR count). The summed E-state index contributed by atoms with van der Waals surface area (Å²) < 4.78 is 19.2. The molecule has 0 unspecified atom stereocenters. The fraction of sp³-hybridized carbons (Fsp3) is 0.296. The average Bonchev–Trinajstić information content (AvgIpc) is 2.91. The Balaban J connectivity index is 2.06. The fourth-order valence-corrected chi connectivity index (χ4v) is 4.18. The van der Waals surface area contributed by atoms with Crippen molar-refractivity contribution in [2.45, 2.75) is 33.2 Å². The van der Waals surface area contributed by atoms with Crippen molar-refractivity contribution >= 4 is 22.6 Å². The molecule has 0 bridgehead atoms. The third-order valence-electron chi connectivity index (χ3n) is 6.08. The van der Waals surface area contributed by atoms with E-state index in [-0.39, 0.29) is 27.6 Å². The SMILES string of the molecule is CCCCn1c(=NC(=O)c2cc(OC)c(OC)c(OC)c2)c(C#N)cc2c(=O)n3cccc(C)c3nc21.